The molecule has 4 N–H and O–H groups in total. The largest absolute Gasteiger partial charge is 0.496 e. The monoisotopic (exact) mass is 370 g/mol. The van der Waals surface area contributed by atoms with Crippen molar-refractivity contribution in [2.75, 3.05) is 24.7 Å². The summed E-state index contributed by atoms with van der Waals surface area (Å²) in [5.74, 6) is 0.676. The average Bonchev–Trinajstić information content (AvgIpc) is 2.63. The minimum absolute atomic E-state index is 0.247. The van der Waals surface area contributed by atoms with Crippen molar-refractivity contribution in [1.29, 1.82) is 0 Å². The molecule has 1 aromatic heterocycles. The third-order valence-electron chi connectivity index (χ3n) is 4.15. The first kappa shape index (κ1) is 20.2. The van der Waals surface area contributed by atoms with Gasteiger partial charge in [-0.2, -0.15) is 4.98 Å². The fourth-order valence-corrected chi connectivity index (χ4v) is 2.73. The zero-order chi connectivity index (χ0) is 19.8. The first-order chi connectivity index (χ1) is 12.9. The maximum Gasteiger partial charge on any atom is 0.328 e. The van der Waals surface area contributed by atoms with Crippen LogP contribution >= 0.6 is 0 Å². The van der Waals surface area contributed by atoms with E-state index in [9.17, 15) is 4.79 Å². The van der Waals surface area contributed by atoms with Gasteiger partial charge in [-0.25, -0.2) is 9.78 Å². The molecule has 7 nitrogen and oxygen atoms in total. The highest BCUT2D eigenvalue weighted by molar-refractivity contribution is 5.85. The number of nitrogens with one attached hydrogen (secondary N) is 1. The van der Waals surface area contributed by atoms with Gasteiger partial charge in [-0.3, -0.25) is 0 Å². The molecule has 27 heavy (non-hydrogen) atoms. The van der Waals surface area contributed by atoms with Crippen molar-refractivity contribution in [3.63, 3.8) is 0 Å². The predicted octanol–water partition coefficient (Wildman–Crippen LogP) is 3.28. The highest BCUT2D eigenvalue weighted by Gasteiger charge is 2.14. The van der Waals surface area contributed by atoms with Gasteiger partial charge in [0.1, 0.15) is 11.6 Å². The minimum atomic E-state index is -0.990. The van der Waals surface area contributed by atoms with Crippen molar-refractivity contribution < 1.29 is 14.6 Å². The lowest BCUT2D eigenvalue weighted by atomic mass is 10.0. The quantitative estimate of drug-likeness (QED) is 0.459. The molecule has 144 valence electrons. The molecule has 0 spiro atoms. The fraction of sp³-hybridized carbons (Fsp3) is 0.350. The van der Waals surface area contributed by atoms with Crippen molar-refractivity contribution in [3.05, 3.63) is 46.7 Å². The van der Waals surface area contributed by atoms with E-state index >= 15 is 0 Å². The second-order valence-corrected chi connectivity index (χ2v) is 6.19. The number of rotatable bonds is 9. The summed E-state index contributed by atoms with van der Waals surface area (Å²) in [5.41, 5.74) is 9.31. The summed E-state index contributed by atoms with van der Waals surface area (Å²) in [5, 5.41) is 12.1. The van der Waals surface area contributed by atoms with E-state index in [4.69, 9.17) is 15.6 Å². The van der Waals surface area contributed by atoms with Gasteiger partial charge in [0, 0.05) is 30.3 Å². The van der Waals surface area contributed by atoms with Crippen LogP contribution < -0.4 is 15.8 Å². The smallest absolute Gasteiger partial charge is 0.328 e. The van der Waals surface area contributed by atoms with Crippen molar-refractivity contribution in [3.8, 4) is 5.75 Å². The van der Waals surface area contributed by atoms with Crippen molar-refractivity contribution in [2.45, 2.75) is 33.1 Å². The summed E-state index contributed by atoms with van der Waals surface area (Å²) in [4.78, 5) is 19.3. The molecule has 0 aliphatic rings. The summed E-state index contributed by atoms with van der Waals surface area (Å²) in [7, 11) is 1.59. The Morgan fingerprint density at radius 3 is 2.81 bits per heavy atom. The number of benzene rings is 1. The number of unbranched alkanes of at least 4 members (excludes halogenated alkanes) is 1. The molecule has 0 radical (unpaired) electrons. The first-order valence-electron chi connectivity index (χ1n) is 8.89. The first-order valence-corrected chi connectivity index (χ1v) is 8.89. The topological polar surface area (TPSA) is 110 Å². The summed E-state index contributed by atoms with van der Waals surface area (Å²) in [6, 6.07) is 5.59. The van der Waals surface area contributed by atoms with Crippen LogP contribution in [0.15, 0.2) is 24.3 Å². The van der Waals surface area contributed by atoms with Gasteiger partial charge in [0.15, 0.2) is 0 Å². The van der Waals surface area contributed by atoms with E-state index in [2.05, 4.69) is 22.2 Å². The molecule has 0 saturated heterocycles. The third-order valence-corrected chi connectivity index (χ3v) is 4.15. The van der Waals surface area contributed by atoms with E-state index in [1.165, 1.54) is 6.08 Å². The average molecular weight is 370 g/mol. The van der Waals surface area contributed by atoms with E-state index in [0.717, 1.165) is 53.7 Å². The third kappa shape index (κ3) is 5.70. The highest BCUT2D eigenvalue weighted by Crippen LogP contribution is 2.28. The van der Waals surface area contributed by atoms with Gasteiger partial charge >= 0.3 is 5.97 Å². The Balaban J connectivity index is 2.34. The van der Waals surface area contributed by atoms with Crippen molar-refractivity contribution >= 4 is 23.8 Å². The summed E-state index contributed by atoms with van der Waals surface area (Å²) < 4.78 is 5.50. The van der Waals surface area contributed by atoms with Crippen LogP contribution in [-0.2, 0) is 11.2 Å². The summed E-state index contributed by atoms with van der Waals surface area (Å²) in [6.45, 7) is 4.86. The number of carboxylic acid groups (broad SMARTS) is 1. The van der Waals surface area contributed by atoms with Gasteiger partial charge in [0.05, 0.1) is 7.11 Å². The number of hydrogen-bond acceptors (Lipinski definition) is 6. The maximum atomic E-state index is 10.7. The molecule has 2 rings (SSSR count). The lowest BCUT2D eigenvalue weighted by Gasteiger charge is -2.15. The number of nitrogens with zero attached hydrogens (tertiary/aromatic N) is 2. The number of nitrogen functional groups attached to an aromatic ring is 1. The van der Waals surface area contributed by atoms with Crippen LogP contribution in [0.2, 0.25) is 0 Å². The second-order valence-electron chi connectivity index (χ2n) is 6.19. The summed E-state index contributed by atoms with van der Waals surface area (Å²) in [6.07, 6.45) is 5.33. The van der Waals surface area contributed by atoms with Crippen LogP contribution in [0.1, 0.15) is 42.1 Å². The number of methoxy groups -OCH3 is 1. The Morgan fingerprint density at radius 2 is 2.15 bits per heavy atom. The molecule has 7 heteroatoms. The number of ether oxygens (including phenoxy) is 1. The molecule has 0 bridgehead atoms. The van der Waals surface area contributed by atoms with Gasteiger partial charge in [-0.05, 0) is 36.6 Å². The van der Waals surface area contributed by atoms with Crippen molar-refractivity contribution in [1.82, 2.24) is 9.97 Å². The van der Waals surface area contributed by atoms with Gasteiger partial charge in [-0.1, -0.05) is 25.5 Å². The zero-order valence-electron chi connectivity index (χ0n) is 16.0. The minimum Gasteiger partial charge on any atom is -0.496 e. The SMILES string of the molecule is CCCCNc1nc(N)nc(C)c1Cc1ccc(C=CC(=O)O)cc1OC. The Labute approximate surface area is 159 Å². The zero-order valence-corrected chi connectivity index (χ0v) is 16.0. The Morgan fingerprint density at radius 1 is 1.37 bits per heavy atom. The number of aromatic nitrogens is 2. The van der Waals surface area contributed by atoms with Crippen LogP contribution in [0, 0.1) is 6.92 Å². The standard InChI is InChI=1S/C20H26N4O3/c1-4-5-10-22-19-16(13(2)23-20(21)24-19)12-15-8-6-14(7-9-18(25)26)11-17(15)27-3/h6-9,11H,4-5,10,12H2,1-3H3,(H,25,26)(H3,21,22,23,24). The molecule has 0 unspecified atom stereocenters. The molecule has 0 fully saturated rings. The van der Waals surface area contributed by atoms with Crippen LogP contribution in [-0.4, -0.2) is 34.7 Å². The molecule has 0 atom stereocenters. The molecule has 2 aromatic rings. The fourth-order valence-electron chi connectivity index (χ4n) is 2.73. The predicted molar refractivity (Wildman–Crippen MR) is 107 cm³/mol. The number of anilines is 2. The van der Waals surface area contributed by atoms with Crippen molar-refractivity contribution in [2.24, 2.45) is 0 Å². The Hall–Kier alpha value is -3.09. The van der Waals surface area contributed by atoms with Gasteiger partial charge in [-0.15, -0.1) is 0 Å². The number of carbonyl (C=O) groups is 1. The second kappa shape index (κ2) is 9.56. The van der Waals surface area contributed by atoms with E-state index in [1.807, 2.05) is 25.1 Å². The summed E-state index contributed by atoms with van der Waals surface area (Å²) >= 11 is 0. The molecule has 1 heterocycles. The number of aryl methyl sites for hydroxylation is 1. The molecule has 0 aliphatic heterocycles. The van der Waals surface area contributed by atoms with Crippen LogP contribution in [0.3, 0.4) is 0 Å². The van der Waals surface area contributed by atoms with E-state index < -0.39 is 5.97 Å². The van der Waals surface area contributed by atoms with Gasteiger partial charge in [0.2, 0.25) is 5.95 Å². The number of hydrogen-bond donors (Lipinski definition) is 3. The molecule has 1 aromatic carbocycles. The molecule has 0 aliphatic carbocycles. The van der Waals surface area contributed by atoms with Crippen LogP contribution in [0.5, 0.6) is 5.75 Å². The Bertz CT molecular complexity index is 834. The molecular weight excluding hydrogens is 344 g/mol. The van der Waals surface area contributed by atoms with E-state index in [1.54, 1.807) is 7.11 Å². The lowest BCUT2D eigenvalue weighted by Crippen LogP contribution is -2.11. The number of carboxylic acids is 1. The number of aliphatic carboxylic acids is 1. The molecule has 0 saturated carbocycles. The normalized spacial score (nSPS) is 10.9. The number of nitrogens with two attached hydrogens (primary N) is 1. The van der Waals surface area contributed by atoms with Crippen LogP contribution in [0.4, 0.5) is 11.8 Å². The van der Waals surface area contributed by atoms with Crippen LogP contribution in [0.25, 0.3) is 6.08 Å². The Kier molecular flexibility index (Phi) is 7.16. The van der Waals surface area contributed by atoms with Gasteiger partial charge in [0.25, 0.3) is 0 Å². The van der Waals surface area contributed by atoms with Gasteiger partial charge < -0.3 is 20.9 Å². The maximum absolute atomic E-state index is 10.7. The highest BCUT2D eigenvalue weighted by atomic mass is 16.5. The van der Waals surface area contributed by atoms with E-state index in [-0.39, 0.29) is 5.95 Å². The lowest BCUT2D eigenvalue weighted by molar-refractivity contribution is -0.131. The molecule has 0 amide bonds. The van der Waals surface area contributed by atoms with E-state index in [0.29, 0.717) is 12.2 Å². The molecular formula is C20H26N4O3.